The van der Waals surface area contributed by atoms with Gasteiger partial charge in [0.15, 0.2) is 0 Å². The molecule has 0 heterocycles. The number of hydrogen-bond donors (Lipinski definition) is 2. The van der Waals surface area contributed by atoms with Crippen LogP contribution in [-0.4, -0.2) is 24.7 Å². The maximum atomic E-state index is 10.0. The predicted octanol–water partition coefficient (Wildman–Crippen LogP) is 0.348. The van der Waals surface area contributed by atoms with Crippen LogP contribution in [0.1, 0.15) is 6.92 Å². The molecule has 0 aromatic carbocycles. The normalized spacial score (nSPS) is 11.8. The molecule has 56 valence electrons. The van der Waals surface area contributed by atoms with Crippen molar-refractivity contribution in [2.45, 2.75) is 6.92 Å². The molecule has 0 unspecified atom stereocenters. The van der Waals surface area contributed by atoms with Gasteiger partial charge in [-0.2, -0.15) is 0 Å². The molecule has 3 nitrogen and oxygen atoms in total. The molecule has 0 aromatic heterocycles. The summed E-state index contributed by atoms with van der Waals surface area (Å²) in [6.07, 6.45) is 0. The lowest BCUT2D eigenvalue weighted by molar-refractivity contribution is -0.140. The SMILES string of the molecule is CNC[C@H](C)C(=O)O.Cl. The molecule has 0 aliphatic rings. The number of hydrogen-bond acceptors (Lipinski definition) is 2. The highest BCUT2D eigenvalue weighted by Gasteiger charge is 2.07. The topological polar surface area (TPSA) is 49.3 Å². The van der Waals surface area contributed by atoms with E-state index in [0.29, 0.717) is 6.54 Å². The zero-order chi connectivity index (χ0) is 6.57. The van der Waals surface area contributed by atoms with E-state index < -0.39 is 5.97 Å². The van der Waals surface area contributed by atoms with Gasteiger partial charge in [0.2, 0.25) is 0 Å². The summed E-state index contributed by atoms with van der Waals surface area (Å²) in [6.45, 7) is 2.20. The molecule has 4 heteroatoms. The van der Waals surface area contributed by atoms with Gasteiger partial charge >= 0.3 is 5.97 Å². The summed E-state index contributed by atoms with van der Waals surface area (Å²) in [5.74, 6) is -1.03. The summed E-state index contributed by atoms with van der Waals surface area (Å²) in [5, 5.41) is 11.0. The molecule has 0 fully saturated rings. The number of carboxylic acid groups (broad SMARTS) is 1. The molecule has 0 saturated heterocycles. The van der Waals surface area contributed by atoms with Crippen molar-refractivity contribution < 1.29 is 9.90 Å². The van der Waals surface area contributed by atoms with Gasteiger partial charge in [0, 0.05) is 6.54 Å². The van der Waals surface area contributed by atoms with Crippen molar-refractivity contribution in [3.63, 3.8) is 0 Å². The van der Waals surface area contributed by atoms with Gasteiger partial charge in [0.1, 0.15) is 0 Å². The highest BCUT2D eigenvalue weighted by Crippen LogP contribution is 1.89. The lowest BCUT2D eigenvalue weighted by Gasteiger charge is -2.01. The molecule has 0 saturated carbocycles. The van der Waals surface area contributed by atoms with Crippen LogP contribution in [-0.2, 0) is 4.79 Å². The maximum absolute atomic E-state index is 10.0. The van der Waals surface area contributed by atoms with Crippen LogP contribution in [0, 0.1) is 5.92 Å². The summed E-state index contributed by atoms with van der Waals surface area (Å²) < 4.78 is 0. The van der Waals surface area contributed by atoms with Gasteiger partial charge in [0.05, 0.1) is 5.92 Å². The average molecular weight is 154 g/mol. The van der Waals surface area contributed by atoms with E-state index in [1.54, 1.807) is 14.0 Å². The number of carboxylic acids is 1. The zero-order valence-corrected chi connectivity index (χ0v) is 6.36. The number of halogens is 1. The Morgan fingerprint density at radius 1 is 1.78 bits per heavy atom. The second-order valence-electron chi connectivity index (χ2n) is 1.80. The summed E-state index contributed by atoms with van der Waals surface area (Å²) >= 11 is 0. The molecule has 1 atom stereocenters. The minimum atomic E-state index is -0.751. The van der Waals surface area contributed by atoms with E-state index in [-0.39, 0.29) is 18.3 Å². The second-order valence-corrected chi connectivity index (χ2v) is 1.80. The van der Waals surface area contributed by atoms with Crippen molar-refractivity contribution in [1.29, 1.82) is 0 Å². The van der Waals surface area contributed by atoms with Crippen molar-refractivity contribution >= 4 is 18.4 Å². The Kier molecular flexibility index (Phi) is 7.48. The Balaban J connectivity index is 0. The van der Waals surface area contributed by atoms with E-state index in [1.807, 2.05) is 0 Å². The van der Waals surface area contributed by atoms with Gasteiger partial charge < -0.3 is 10.4 Å². The Morgan fingerprint density at radius 2 is 2.22 bits per heavy atom. The van der Waals surface area contributed by atoms with Gasteiger partial charge in [-0.15, -0.1) is 12.4 Å². The van der Waals surface area contributed by atoms with Crippen molar-refractivity contribution in [1.82, 2.24) is 5.32 Å². The smallest absolute Gasteiger partial charge is 0.307 e. The van der Waals surface area contributed by atoms with E-state index in [2.05, 4.69) is 5.32 Å². The number of carbonyl (C=O) groups is 1. The maximum Gasteiger partial charge on any atom is 0.307 e. The van der Waals surface area contributed by atoms with Crippen LogP contribution in [0.2, 0.25) is 0 Å². The average Bonchev–Trinajstić information content (AvgIpc) is 1.67. The van der Waals surface area contributed by atoms with E-state index in [4.69, 9.17) is 5.11 Å². The summed E-state index contributed by atoms with van der Waals surface area (Å²) in [4.78, 5) is 10.0. The third kappa shape index (κ3) is 5.59. The summed E-state index contributed by atoms with van der Waals surface area (Å²) in [7, 11) is 1.74. The van der Waals surface area contributed by atoms with E-state index in [0.717, 1.165) is 0 Å². The lowest BCUT2D eigenvalue weighted by Crippen LogP contribution is -2.22. The molecule has 0 rings (SSSR count). The second kappa shape index (κ2) is 5.85. The molecule has 0 spiro atoms. The van der Waals surface area contributed by atoms with Crippen LogP contribution >= 0.6 is 12.4 Å². The first-order chi connectivity index (χ1) is 3.68. The van der Waals surface area contributed by atoms with Crippen LogP contribution in [0.25, 0.3) is 0 Å². The first-order valence-electron chi connectivity index (χ1n) is 2.56. The van der Waals surface area contributed by atoms with E-state index >= 15 is 0 Å². The largest absolute Gasteiger partial charge is 0.481 e. The minimum absolute atomic E-state index is 0. The Bertz CT molecular complexity index is 87.0. The fourth-order valence-electron chi connectivity index (χ4n) is 0.393. The summed E-state index contributed by atoms with van der Waals surface area (Å²) in [5.41, 5.74) is 0. The van der Waals surface area contributed by atoms with Gasteiger partial charge in [0.25, 0.3) is 0 Å². The predicted molar refractivity (Wildman–Crippen MR) is 38.0 cm³/mol. The molecular formula is C5H12ClNO2. The quantitative estimate of drug-likeness (QED) is 0.615. The van der Waals surface area contributed by atoms with Crippen LogP contribution in [0.5, 0.6) is 0 Å². The molecule has 0 radical (unpaired) electrons. The molecular weight excluding hydrogens is 142 g/mol. The molecule has 0 aliphatic carbocycles. The molecule has 9 heavy (non-hydrogen) atoms. The van der Waals surface area contributed by atoms with Crippen LogP contribution in [0.3, 0.4) is 0 Å². The van der Waals surface area contributed by atoms with Gasteiger partial charge in [-0.1, -0.05) is 6.92 Å². The third-order valence-corrected chi connectivity index (χ3v) is 0.932. The minimum Gasteiger partial charge on any atom is -0.481 e. The Morgan fingerprint density at radius 3 is 2.33 bits per heavy atom. The fraction of sp³-hybridized carbons (Fsp3) is 0.800. The number of rotatable bonds is 3. The monoisotopic (exact) mass is 153 g/mol. The highest BCUT2D eigenvalue weighted by molar-refractivity contribution is 5.85. The van der Waals surface area contributed by atoms with Crippen LogP contribution < -0.4 is 5.32 Å². The van der Waals surface area contributed by atoms with Crippen LogP contribution in [0.4, 0.5) is 0 Å². The molecule has 0 bridgehead atoms. The van der Waals surface area contributed by atoms with Crippen molar-refractivity contribution in [2.75, 3.05) is 13.6 Å². The first-order valence-corrected chi connectivity index (χ1v) is 2.56. The first kappa shape index (κ1) is 11.5. The number of nitrogens with one attached hydrogen (secondary N) is 1. The molecule has 0 aromatic rings. The zero-order valence-electron chi connectivity index (χ0n) is 5.55. The standard InChI is InChI=1S/C5H11NO2.ClH/c1-4(3-6-2)5(7)8;/h4,6H,3H2,1-2H3,(H,7,8);1H/t4-;/m0./s1. The molecule has 0 amide bonds. The van der Waals surface area contributed by atoms with Crippen molar-refractivity contribution in [3.05, 3.63) is 0 Å². The van der Waals surface area contributed by atoms with Crippen LogP contribution in [0.15, 0.2) is 0 Å². The summed E-state index contributed by atoms with van der Waals surface area (Å²) in [6, 6.07) is 0. The van der Waals surface area contributed by atoms with Gasteiger partial charge in [-0.3, -0.25) is 4.79 Å². The van der Waals surface area contributed by atoms with Gasteiger partial charge in [-0.25, -0.2) is 0 Å². The highest BCUT2D eigenvalue weighted by atomic mass is 35.5. The third-order valence-electron chi connectivity index (χ3n) is 0.932. The van der Waals surface area contributed by atoms with Crippen molar-refractivity contribution in [3.8, 4) is 0 Å². The fourth-order valence-corrected chi connectivity index (χ4v) is 0.393. The number of aliphatic carboxylic acids is 1. The lowest BCUT2D eigenvalue weighted by atomic mass is 10.2. The Labute approximate surface area is 60.9 Å². The van der Waals surface area contributed by atoms with E-state index in [9.17, 15) is 4.79 Å². The van der Waals surface area contributed by atoms with Crippen molar-refractivity contribution in [2.24, 2.45) is 5.92 Å². The molecule has 2 N–H and O–H groups in total. The van der Waals surface area contributed by atoms with E-state index in [1.165, 1.54) is 0 Å². The Hall–Kier alpha value is -0.280. The molecule has 0 aliphatic heterocycles. The van der Waals surface area contributed by atoms with Gasteiger partial charge in [-0.05, 0) is 7.05 Å².